The van der Waals surface area contributed by atoms with Gasteiger partial charge in [0.1, 0.15) is 35.1 Å². The molecule has 0 saturated carbocycles. The van der Waals surface area contributed by atoms with Gasteiger partial charge >= 0.3 is 0 Å². The van der Waals surface area contributed by atoms with E-state index in [1.807, 2.05) is 0 Å². The molecule has 8 nitrogen and oxygen atoms in total. The Bertz CT molecular complexity index is 1690. The summed E-state index contributed by atoms with van der Waals surface area (Å²) in [6.07, 6.45) is 3.58. The van der Waals surface area contributed by atoms with Crippen LogP contribution in [0.5, 0.6) is 0 Å². The smallest absolute Gasteiger partial charge is 0.173 e. The molecular weight excluding hydrogens is 457 g/mol. The molecule has 0 spiro atoms. The van der Waals surface area contributed by atoms with Crippen LogP contribution in [-0.4, -0.2) is 31.7 Å². The molecule has 0 bridgehead atoms. The number of anilines is 1. The highest BCUT2D eigenvalue weighted by molar-refractivity contribution is 6.11. The molecule has 0 aliphatic carbocycles. The molecule has 0 radical (unpaired) electrons. The van der Waals surface area contributed by atoms with Crippen molar-refractivity contribution in [3.8, 4) is 16.8 Å². The van der Waals surface area contributed by atoms with E-state index < -0.39 is 17.5 Å². The van der Waals surface area contributed by atoms with Gasteiger partial charge in [0, 0.05) is 35.7 Å². The first-order chi connectivity index (χ1) is 16.8. The molecule has 0 atom stereocenters. The summed E-state index contributed by atoms with van der Waals surface area (Å²) in [6.45, 7) is 1.70. The Morgan fingerprint density at radius 1 is 1.09 bits per heavy atom. The van der Waals surface area contributed by atoms with Crippen LogP contribution in [0, 0.1) is 29.8 Å². The first-order valence-electron chi connectivity index (χ1n) is 10.3. The van der Waals surface area contributed by atoms with Gasteiger partial charge in [-0.05, 0) is 36.8 Å². The second kappa shape index (κ2) is 8.20. The van der Waals surface area contributed by atoms with Gasteiger partial charge in [0.05, 0.1) is 22.1 Å². The van der Waals surface area contributed by atoms with E-state index in [-0.39, 0.29) is 28.1 Å². The van der Waals surface area contributed by atoms with Gasteiger partial charge in [0.25, 0.3) is 0 Å². The summed E-state index contributed by atoms with van der Waals surface area (Å²) in [5.41, 5.74) is 14.0. The van der Waals surface area contributed by atoms with Crippen LogP contribution in [0.25, 0.3) is 38.8 Å². The third kappa shape index (κ3) is 3.53. The molecule has 5 N–H and O–H groups in total. The molecule has 0 aliphatic heterocycles. The van der Waals surface area contributed by atoms with E-state index in [2.05, 4.69) is 19.9 Å². The molecule has 2 aromatic carbocycles. The Morgan fingerprint density at radius 2 is 1.86 bits per heavy atom. The van der Waals surface area contributed by atoms with Crippen molar-refractivity contribution in [2.75, 3.05) is 5.73 Å². The summed E-state index contributed by atoms with van der Waals surface area (Å²) in [6, 6.07) is 8.18. The van der Waals surface area contributed by atoms with Gasteiger partial charge in [-0.15, -0.1) is 0 Å². The maximum Gasteiger partial charge on any atom is 0.173 e. The van der Waals surface area contributed by atoms with Gasteiger partial charge in [-0.1, -0.05) is 0 Å². The number of aromatic nitrogens is 4. The van der Waals surface area contributed by atoms with Crippen LogP contribution in [0.3, 0.4) is 0 Å². The number of imidazole rings is 1. The fraction of sp³-hybridized carbons (Fsp3) is 0.0417. The number of nitrogens with two attached hydrogens (primary N) is 2. The lowest BCUT2D eigenvalue weighted by Gasteiger charge is -2.13. The second-order valence-electron chi connectivity index (χ2n) is 7.70. The minimum Gasteiger partial charge on any atom is -0.383 e. The number of hydrogen-bond donors (Lipinski definition) is 3. The zero-order valence-corrected chi connectivity index (χ0v) is 18.2. The number of aliphatic imine (C=N–C) groups is 1. The fourth-order valence-corrected chi connectivity index (χ4v) is 4.14. The van der Waals surface area contributed by atoms with E-state index in [9.17, 15) is 13.2 Å². The van der Waals surface area contributed by atoms with Crippen LogP contribution in [0.1, 0.15) is 11.4 Å². The Morgan fingerprint density at radius 3 is 2.63 bits per heavy atom. The normalized spacial score (nSPS) is 11.9. The molecule has 35 heavy (non-hydrogen) atoms. The van der Waals surface area contributed by atoms with Crippen LogP contribution in [0.15, 0.2) is 53.8 Å². The zero-order chi connectivity index (χ0) is 24.9. The topological polar surface area (TPSA) is 132 Å². The number of nitrogen functional groups attached to an aromatic ring is 1. The maximum atomic E-state index is 14.9. The number of nitrogens with one attached hydrogen (secondary N) is 1. The lowest BCUT2D eigenvalue weighted by atomic mass is 10.0. The van der Waals surface area contributed by atoms with Crippen molar-refractivity contribution < 1.29 is 13.2 Å². The van der Waals surface area contributed by atoms with E-state index in [1.54, 1.807) is 29.7 Å². The van der Waals surface area contributed by atoms with E-state index in [1.165, 1.54) is 18.5 Å². The van der Waals surface area contributed by atoms with Crippen LogP contribution in [0.2, 0.25) is 0 Å². The van der Waals surface area contributed by atoms with Crippen molar-refractivity contribution in [1.29, 1.82) is 5.41 Å². The number of hydrogen-bond acceptors (Lipinski definition) is 5. The second-order valence-corrected chi connectivity index (χ2v) is 7.70. The quantitative estimate of drug-likeness (QED) is 0.265. The zero-order valence-electron chi connectivity index (χ0n) is 18.2. The molecule has 174 valence electrons. The standard InChI is InChI=1S/C24H17F3N8/c1-11-34-22-15(23(29)33-10-28)6-12(14-2-4-32-24(30)21(14)27)7-19(22)35(11)18-3-5-31-17-9-13(25)8-16(26)20(17)18/h2-10H,1H3,(H2,30,32)(H3,28,29,33). The molecule has 0 aliphatic rings. The minimum absolute atomic E-state index is 0.0215. The van der Waals surface area contributed by atoms with Crippen LogP contribution in [-0.2, 0) is 0 Å². The summed E-state index contributed by atoms with van der Waals surface area (Å²) in [5.74, 6) is -2.12. The lowest BCUT2D eigenvalue weighted by molar-refractivity contribution is 0.591. The van der Waals surface area contributed by atoms with Crippen LogP contribution >= 0.6 is 0 Å². The first-order valence-corrected chi connectivity index (χ1v) is 10.3. The highest BCUT2D eigenvalue weighted by Gasteiger charge is 2.21. The predicted molar refractivity (Wildman–Crippen MR) is 128 cm³/mol. The summed E-state index contributed by atoms with van der Waals surface area (Å²) in [5, 5.41) is 7.39. The van der Waals surface area contributed by atoms with Gasteiger partial charge in [-0.2, -0.15) is 0 Å². The number of pyridine rings is 2. The van der Waals surface area contributed by atoms with Gasteiger partial charge in [0.2, 0.25) is 0 Å². The highest BCUT2D eigenvalue weighted by Crippen LogP contribution is 2.34. The number of nitrogens with zero attached hydrogens (tertiary/aromatic N) is 5. The lowest BCUT2D eigenvalue weighted by Crippen LogP contribution is -2.14. The van der Waals surface area contributed by atoms with Gasteiger partial charge < -0.3 is 11.5 Å². The van der Waals surface area contributed by atoms with Crippen molar-refractivity contribution in [2.45, 2.75) is 6.92 Å². The van der Waals surface area contributed by atoms with E-state index in [0.717, 1.165) is 18.5 Å². The van der Waals surface area contributed by atoms with Gasteiger partial charge in [0.15, 0.2) is 11.6 Å². The number of rotatable bonds is 4. The van der Waals surface area contributed by atoms with Gasteiger partial charge in [-0.25, -0.2) is 28.1 Å². The average Bonchev–Trinajstić information content (AvgIpc) is 3.15. The molecule has 11 heteroatoms. The number of fused-ring (bicyclic) bond motifs is 2. The largest absolute Gasteiger partial charge is 0.383 e. The minimum atomic E-state index is -0.793. The maximum absolute atomic E-state index is 14.9. The van der Waals surface area contributed by atoms with E-state index in [4.69, 9.17) is 16.9 Å². The first kappa shape index (κ1) is 22.0. The summed E-state index contributed by atoms with van der Waals surface area (Å²) in [7, 11) is 0. The highest BCUT2D eigenvalue weighted by atomic mass is 19.1. The fourth-order valence-electron chi connectivity index (χ4n) is 4.14. The monoisotopic (exact) mass is 474 g/mol. The average molecular weight is 474 g/mol. The van der Waals surface area contributed by atoms with Crippen LogP contribution in [0.4, 0.5) is 19.0 Å². The Balaban J connectivity index is 1.92. The van der Waals surface area contributed by atoms with Crippen molar-refractivity contribution >= 4 is 39.9 Å². The molecule has 5 rings (SSSR count). The molecule has 0 fully saturated rings. The SMILES string of the molecule is Cc1nc2c(C(N)=NC=N)cc(-c3ccnc(N)c3F)cc2n1-c1ccnc2cc(F)cc(F)c12. The third-order valence-corrected chi connectivity index (χ3v) is 5.61. The number of benzene rings is 2. The van der Waals surface area contributed by atoms with Gasteiger partial charge in [-0.3, -0.25) is 15.0 Å². The number of amidine groups is 1. The molecule has 3 aromatic heterocycles. The van der Waals surface area contributed by atoms with Crippen LogP contribution < -0.4 is 11.5 Å². The molecule has 0 saturated heterocycles. The summed E-state index contributed by atoms with van der Waals surface area (Å²) in [4.78, 5) is 16.3. The van der Waals surface area contributed by atoms with Crippen molar-refractivity contribution in [2.24, 2.45) is 10.7 Å². The van der Waals surface area contributed by atoms with E-state index >= 15 is 0 Å². The molecule has 3 heterocycles. The number of halogens is 3. The summed E-state index contributed by atoms with van der Waals surface area (Å²) < 4.78 is 45.3. The number of aryl methyl sites for hydroxylation is 1. The van der Waals surface area contributed by atoms with Crippen molar-refractivity contribution in [3.63, 3.8) is 0 Å². The molecule has 0 unspecified atom stereocenters. The summed E-state index contributed by atoms with van der Waals surface area (Å²) >= 11 is 0. The Kier molecular flexibility index (Phi) is 5.16. The van der Waals surface area contributed by atoms with E-state index in [0.29, 0.717) is 33.7 Å². The predicted octanol–water partition coefficient (Wildman–Crippen LogP) is 4.26. The molecule has 5 aromatic rings. The Labute approximate surface area is 196 Å². The third-order valence-electron chi connectivity index (χ3n) is 5.61. The van der Waals surface area contributed by atoms with Crippen molar-refractivity contribution in [3.05, 3.63) is 77.6 Å². The Hall–Kier alpha value is -4.80. The molecule has 0 amide bonds. The molecular formula is C24H17F3N8. The van der Waals surface area contributed by atoms with Crippen molar-refractivity contribution in [1.82, 2.24) is 19.5 Å².